The molecule has 1 aliphatic rings. The number of nitrogens with one attached hydrogen (secondary N) is 1. The van der Waals surface area contributed by atoms with Gasteiger partial charge < -0.3 is 10.1 Å². The van der Waals surface area contributed by atoms with Crippen LogP contribution >= 0.6 is 0 Å². The van der Waals surface area contributed by atoms with Gasteiger partial charge in [-0.2, -0.15) is 0 Å². The van der Waals surface area contributed by atoms with Crippen LogP contribution in [0.3, 0.4) is 0 Å². The van der Waals surface area contributed by atoms with Crippen LogP contribution in [0.5, 0.6) is 0 Å². The Morgan fingerprint density at radius 3 is 2.50 bits per heavy atom. The predicted molar refractivity (Wildman–Crippen MR) is 65.7 cm³/mol. The molecule has 16 heavy (non-hydrogen) atoms. The lowest BCUT2D eigenvalue weighted by Gasteiger charge is -2.23. The van der Waals surface area contributed by atoms with Crippen LogP contribution in [0.1, 0.15) is 36.3 Å². The number of carbonyl (C=O) groups excluding carboxylic acids is 1. The van der Waals surface area contributed by atoms with Crippen LogP contribution in [-0.4, -0.2) is 19.4 Å². The van der Waals surface area contributed by atoms with Crippen molar-refractivity contribution in [3.63, 3.8) is 0 Å². The zero-order chi connectivity index (χ0) is 11.2. The van der Waals surface area contributed by atoms with Crippen LogP contribution in [0.15, 0.2) is 24.3 Å². The van der Waals surface area contributed by atoms with E-state index >= 15 is 0 Å². The van der Waals surface area contributed by atoms with Crippen molar-refractivity contribution >= 4 is 6.29 Å². The van der Waals surface area contributed by atoms with Crippen molar-refractivity contribution in [3.05, 3.63) is 35.4 Å². The Balaban J connectivity index is 1.97. The van der Waals surface area contributed by atoms with Crippen LogP contribution in [-0.2, 0) is 11.2 Å². The normalized spacial score (nSPS) is 17.2. The molecule has 0 aliphatic carbocycles. The molecular weight excluding hydrogens is 198 g/mol. The average Bonchev–Trinajstić information content (AvgIpc) is 2.38. The molecule has 86 valence electrons. The summed E-state index contributed by atoms with van der Waals surface area (Å²) in [6.07, 6.45) is 4.98. The maximum absolute atomic E-state index is 10.3. The highest BCUT2D eigenvalue weighted by Crippen LogP contribution is 2.25. The van der Waals surface area contributed by atoms with E-state index in [2.05, 4.69) is 29.6 Å². The van der Waals surface area contributed by atoms with Crippen molar-refractivity contribution in [3.8, 4) is 0 Å². The summed E-state index contributed by atoms with van der Waals surface area (Å²) in [7, 11) is 0. The van der Waals surface area contributed by atoms with Crippen molar-refractivity contribution in [2.24, 2.45) is 0 Å². The molecule has 1 aromatic rings. The quantitative estimate of drug-likeness (QED) is 0.784. The van der Waals surface area contributed by atoms with E-state index < -0.39 is 0 Å². The molecule has 0 unspecified atom stereocenters. The van der Waals surface area contributed by atoms with Crippen LogP contribution in [0.25, 0.3) is 0 Å². The van der Waals surface area contributed by atoms with Crippen LogP contribution in [0.2, 0.25) is 0 Å². The van der Waals surface area contributed by atoms with Gasteiger partial charge in [-0.15, -0.1) is 0 Å². The van der Waals surface area contributed by atoms with Crippen molar-refractivity contribution < 1.29 is 4.79 Å². The van der Waals surface area contributed by atoms with Gasteiger partial charge in [0.05, 0.1) is 0 Å². The summed E-state index contributed by atoms with van der Waals surface area (Å²) in [6.45, 7) is 2.27. The first-order chi connectivity index (χ1) is 7.90. The molecule has 2 heteroatoms. The van der Waals surface area contributed by atoms with E-state index in [1.807, 2.05) is 0 Å². The van der Waals surface area contributed by atoms with Gasteiger partial charge in [-0.3, -0.25) is 0 Å². The van der Waals surface area contributed by atoms with Gasteiger partial charge >= 0.3 is 0 Å². The van der Waals surface area contributed by atoms with E-state index in [4.69, 9.17) is 0 Å². The number of piperidine rings is 1. The second-order valence-electron chi connectivity index (χ2n) is 4.47. The van der Waals surface area contributed by atoms with Gasteiger partial charge in [-0.1, -0.05) is 24.3 Å². The second-order valence-corrected chi connectivity index (χ2v) is 4.47. The maximum atomic E-state index is 10.3. The second kappa shape index (κ2) is 5.80. The standard InChI is InChI=1S/C14H19NO/c16-11-1-2-12-3-5-13(6-4-12)14-7-9-15-10-8-14/h3-6,11,14-15H,1-2,7-10H2. The number of carbonyl (C=O) groups is 1. The number of benzene rings is 1. The number of aldehydes is 1. The summed E-state index contributed by atoms with van der Waals surface area (Å²) in [6, 6.07) is 8.80. The first-order valence-corrected chi connectivity index (χ1v) is 6.13. The lowest BCUT2D eigenvalue weighted by Crippen LogP contribution is -2.26. The van der Waals surface area contributed by atoms with E-state index in [1.165, 1.54) is 24.0 Å². The summed E-state index contributed by atoms with van der Waals surface area (Å²) < 4.78 is 0. The number of rotatable bonds is 4. The molecule has 0 aromatic heterocycles. The molecule has 1 aromatic carbocycles. The van der Waals surface area contributed by atoms with Crippen molar-refractivity contribution in [1.29, 1.82) is 0 Å². The average molecular weight is 217 g/mol. The Bertz CT molecular complexity index is 325. The molecule has 1 saturated heterocycles. The molecule has 2 rings (SSSR count). The summed E-state index contributed by atoms with van der Waals surface area (Å²) in [5, 5.41) is 3.38. The molecule has 0 amide bonds. The molecule has 0 radical (unpaired) electrons. The Labute approximate surface area is 97.1 Å². The highest BCUT2D eigenvalue weighted by Gasteiger charge is 2.14. The minimum absolute atomic E-state index is 0.632. The smallest absolute Gasteiger partial charge is 0.120 e. The first-order valence-electron chi connectivity index (χ1n) is 6.13. The molecule has 0 saturated carbocycles. The molecule has 1 N–H and O–H groups in total. The van der Waals surface area contributed by atoms with Gasteiger partial charge in [0.2, 0.25) is 0 Å². The zero-order valence-electron chi connectivity index (χ0n) is 9.61. The van der Waals surface area contributed by atoms with E-state index in [9.17, 15) is 4.79 Å². The minimum Gasteiger partial charge on any atom is -0.317 e. The molecule has 0 spiro atoms. The monoisotopic (exact) mass is 217 g/mol. The molecule has 0 bridgehead atoms. The van der Waals surface area contributed by atoms with Gasteiger partial charge in [0.15, 0.2) is 0 Å². The van der Waals surface area contributed by atoms with Gasteiger partial charge in [-0.25, -0.2) is 0 Å². The Kier molecular flexibility index (Phi) is 4.11. The topological polar surface area (TPSA) is 29.1 Å². The number of hydrogen-bond acceptors (Lipinski definition) is 2. The predicted octanol–water partition coefficient (Wildman–Crippen LogP) is 2.29. The van der Waals surface area contributed by atoms with Crippen molar-refractivity contribution in [2.75, 3.05) is 13.1 Å². The van der Waals surface area contributed by atoms with Gasteiger partial charge in [0, 0.05) is 6.42 Å². The molecule has 1 fully saturated rings. The lowest BCUT2D eigenvalue weighted by molar-refractivity contribution is -0.107. The minimum atomic E-state index is 0.632. The molecular formula is C14H19NO. The fourth-order valence-electron chi connectivity index (χ4n) is 2.34. The Morgan fingerprint density at radius 2 is 1.88 bits per heavy atom. The summed E-state index contributed by atoms with van der Waals surface area (Å²) in [5.41, 5.74) is 2.72. The molecule has 2 nitrogen and oxygen atoms in total. The maximum Gasteiger partial charge on any atom is 0.120 e. The third kappa shape index (κ3) is 2.92. The fourth-order valence-corrected chi connectivity index (χ4v) is 2.34. The van der Waals surface area contributed by atoms with Crippen LogP contribution in [0.4, 0.5) is 0 Å². The summed E-state index contributed by atoms with van der Waals surface area (Å²) in [4.78, 5) is 10.3. The van der Waals surface area contributed by atoms with E-state index in [1.54, 1.807) is 0 Å². The van der Waals surface area contributed by atoms with Crippen molar-refractivity contribution in [1.82, 2.24) is 5.32 Å². The number of hydrogen-bond donors (Lipinski definition) is 1. The SMILES string of the molecule is O=CCCc1ccc(C2CCNCC2)cc1. The largest absolute Gasteiger partial charge is 0.317 e. The molecule has 0 atom stereocenters. The van der Waals surface area contributed by atoms with E-state index in [0.29, 0.717) is 6.42 Å². The third-order valence-corrected chi connectivity index (χ3v) is 3.34. The number of aryl methyl sites for hydroxylation is 1. The molecule has 1 heterocycles. The van der Waals surface area contributed by atoms with E-state index in [-0.39, 0.29) is 0 Å². The Hall–Kier alpha value is -1.15. The van der Waals surface area contributed by atoms with Crippen LogP contribution < -0.4 is 5.32 Å². The van der Waals surface area contributed by atoms with Crippen LogP contribution in [0, 0.1) is 0 Å². The van der Waals surface area contributed by atoms with Gasteiger partial charge in [0.25, 0.3) is 0 Å². The van der Waals surface area contributed by atoms with Gasteiger partial charge in [0.1, 0.15) is 6.29 Å². The van der Waals surface area contributed by atoms with E-state index in [0.717, 1.165) is 31.7 Å². The zero-order valence-corrected chi connectivity index (χ0v) is 9.61. The van der Waals surface area contributed by atoms with Crippen molar-refractivity contribution in [2.45, 2.75) is 31.6 Å². The lowest BCUT2D eigenvalue weighted by atomic mass is 9.89. The first kappa shape index (κ1) is 11.3. The highest BCUT2D eigenvalue weighted by molar-refractivity contribution is 5.50. The fraction of sp³-hybridized carbons (Fsp3) is 0.500. The Morgan fingerprint density at radius 1 is 1.19 bits per heavy atom. The third-order valence-electron chi connectivity index (χ3n) is 3.34. The molecule has 1 aliphatic heterocycles. The summed E-state index contributed by atoms with van der Waals surface area (Å²) >= 11 is 0. The highest BCUT2D eigenvalue weighted by atomic mass is 16.1. The summed E-state index contributed by atoms with van der Waals surface area (Å²) in [5.74, 6) is 0.723. The van der Waals surface area contributed by atoms with Gasteiger partial charge in [-0.05, 0) is 49.4 Å².